The third-order valence-electron chi connectivity index (χ3n) is 5.54. The van der Waals surface area contributed by atoms with Crippen LogP contribution in [0.1, 0.15) is 31.6 Å². The number of carbonyl (C=O) groups is 1. The highest BCUT2D eigenvalue weighted by Crippen LogP contribution is 2.32. The van der Waals surface area contributed by atoms with Crippen LogP contribution in [0.25, 0.3) is 11.2 Å². The van der Waals surface area contributed by atoms with Crippen molar-refractivity contribution in [2.24, 2.45) is 0 Å². The predicted molar refractivity (Wildman–Crippen MR) is 121 cm³/mol. The highest BCUT2D eigenvalue weighted by molar-refractivity contribution is 5.82. The summed E-state index contributed by atoms with van der Waals surface area (Å²) in [6, 6.07) is 6.77. The van der Waals surface area contributed by atoms with Gasteiger partial charge in [0.1, 0.15) is 37.0 Å². The SMILES string of the molecule is CCCCNC(=O)OC[C@H]1O[C@@H](n2cnc3c(NCc4ccc(O)cc4)ncnc32)C(O)C1O. The average molecular weight is 473 g/mol. The Balaban J connectivity index is 1.43. The van der Waals surface area contributed by atoms with Gasteiger partial charge in [0.25, 0.3) is 0 Å². The molecule has 182 valence electrons. The maximum absolute atomic E-state index is 11.8. The van der Waals surface area contributed by atoms with E-state index in [1.165, 1.54) is 17.2 Å². The number of fused-ring (bicyclic) bond motifs is 1. The summed E-state index contributed by atoms with van der Waals surface area (Å²) >= 11 is 0. The number of rotatable bonds is 9. The third kappa shape index (κ3) is 5.19. The summed E-state index contributed by atoms with van der Waals surface area (Å²) in [6.45, 7) is 2.74. The van der Waals surface area contributed by atoms with Crippen molar-refractivity contribution >= 4 is 23.1 Å². The number of carbonyl (C=O) groups excluding carboxylic acids is 1. The number of benzene rings is 1. The number of aromatic hydroxyl groups is 1. The molecule has 4 rings (SSSR count). The standard InChI is InChI=1S/C22H28N6O6/c1-2-3-8-23-22(32)33-10-15-17(30)18(31)21(34-15)28-12-27-16-19(25-11-26-20(16)28)24-9-13-4-6-14(29)7-5-13/h4-7,11-12,15,17-18,21,29-31H,2-3,8-10H2,1H3,(H,23,32)(H,24,25,26)/t15-,17?,18?,21-/m1/s1. The van der Waals surface area contributed by atoms with Gasteiger partial charge in [0.15, 0.2) is 23.2 Å². The average Bonchev–Trinajstić information content (AvgIpc) is 3.39. The molecular weight excluding hydrogens is 444 g/mol. The molecule has 34 heavy (non-hydrogen) atoms. The number of hydrogen-bond acceptors (Lipinski definition) is 10. The fraction of sp³-hybridized carbons (Fsp3) is 0.455. The summed E-state index contributed by atoms with van der Waals surface area (Å²) in [4.78, 5) is 24.6. The van der Waals surface area contributed by atoms with E-state index in [-0.39, 0.29) is 12.4 Å². The van der Waals surface area contributed by atoms with Crippen molar-refractivity contribution in [3.8, 4) is 5.75 Å². The molecule has 1 saturated heterocycles. The van der Waals surface area contributed by atoms with E-state index in [1.54, 1.807) is 24.3 Å². The lowest BCUT2D eigenvalue weighted by Crippen LogP contribution is -2.36. The number of alkyl carbamates (subject to hydrolysis) is 1. The summed E-state index contributed by atoms with van der Waals surface area (Å²) in [5.74, 6) is 0.665. The Labute approximate surface area is 195 Å². The fourth-order valence-corrected chi connectivity index (χ4v) is 3.64. The van der Waals surface area contributed by atoms with Crippen LogP contribution in [-0.2, 0) is 16.0 Å². The number of amides is 1. The largest absolute Gasteiger partial charge is 0.508 e. The molecule has 1 aliphatic heterocycles. The molecule has 12 nitrogen and oxygen atoms in total. The van der Waals surface area contributed by atoms with Gasteiger partial charge in [-0.15, -0.1) is 0 Å². The number of imidazole rings is 1. The number of aliphatic hydroxyl groups excluding tert-OH is 2. The first kappa shape index (κ1) is 23.7. The number of hydrogen-bond donors (Lipinski definition) is 5. The maximum Gasteiger partial charge on any atom is 0.407 e. The second kappa shape index (κ2) is 10.6. The Kier molecular flexibility index (Phi) is 7.40. The minimum Gasteiger partial charge on any atom is -0.508 e. The van der Waals surface area contributed by atoms with Gasteiger partial charge in [-0.2, -0.15) is 0 Å². The van der Waals surface area contributed by atoms with Crippen LogP contribution < -0.4 is 10.6 Å². The minimum absolute atomic E-state index is 0.185. The highest BCUT2D eigenvalue weighted by Gasteiger charge is 2.45. The van der Waals surface area contributed by atoms with E-state index in [2.05, 4.69) is 25.6 Å². The fourth-order valence-electron chi connectivity index (χ4n) is 3.64. The molecule has 0 saturated carbocycles. The first-order valence-corrected chi connectivity index (χ1v) is 11.1. The van der Waals surface area contributed by atoms with Crippen molar-refractivity contribution in [1.82, 2.24) is 24.8 Å². The monoisotopic (exact) mass is 472 g/mol. The quantitative estimate of drug-likeness (QED) is 0.287. The van der Waals surface area contributed by atoms with Gasteiger partial charge in [-0.05, 0) is 24.1 Å². The molecule has 5 N–H and O–H groups in total. The van der Waals surface area contributed by atoms with Gasteiger partial charge in [-0.1, -0.05) is 25.5 Å². The zero-order valence-electron chi connectivity index (χ0n) is 18.7. The molecule has 12 heteroatoms. The van der Waals surface area contributed by atoms with Gasteiger partial charge >= 0.3 is 6.09 Å². The first-order chi connectivity index (χ1) is 16.5. The van der Waals surface area contributed by atoms with Crippen LogP contribution in [0.3, 0.4) is 0 Å². The lowest BCUT2D eigenvalue weighted by atomic mass is 10.1. The summed E-state index contributed by atoms with van der Waals surface area (Å²) in [6.07, 6.45) is -0.454. The molecule has 3 heterocycles. The van der Waals surface area contributed by atoms with Crippen LogP contribution in [0.2, 0.25) is 0 Å². The van der Waals surface area contributed by atoms with Gasteiger partial charge in [0, 0.05) is 13.1 Å². The van der Waals surface area contributed by atoms with Crippen molar-refractivity contribution in [3.05, 3.63) is 42.5 Å². The second-order valence-corrected chi connectivity index (χ2v) is 7.99. The van der Waals surface area contributed by atoms with Crippen molar-refractivity contribution in [3.63, 3.8) is 0 Å². The Bertz CT molecular complexity index is 1110. The predicted octanol–water partition coefficient (Wildman–Crippen LogP) is 1.29. The van der Waals surface area contributed by atoms with E-state index in [0.29, 0.717) is 30.1 Å². The van der Waals surface area contributed by atoms with E-state index in [0.717, 1.165) is 18.4 Å². The number of nitrogens with zero attached hydrogens (tertiary/aromatic N) is 4. The van der Waals surface area contributed by atoms with Gasteiger partial charge in [-0.3, -0.25) is 4.57 Å². The number of ether oxygens (including phenoxy) is 2. The van der Waals surface area contributed by atoms with Crippen molar-refractivity contribution in [1.29, 1.82) is 0 Å². The van der Waals surface area contributed by atoms with E-state index < -0.39 is 30.6 Å². The summed E-state index contributed by atoms with van der Waals surface area (Å²) in [7, 11) is 0. The zero-order valence-corrected chi connectivity index (χ0v) is 18.7. The molecule has 1 aromatic carbocycles. The molecule has 0 spiro atoms. The smallest absolute Gasteiger partial charge is 0.407 e. The molecule has 1 fully saturated rings. The van der Waals surface area contributed by atoms with Gasteiger partial charge in [-0.25, -0.2) is 19.7 Å². The Morgan fingerprint density at radius 2 is 1.97 bits per heavy atom. The van der Waals surface area contributed by atoms with E-state index >= 15 is 0 Å². The number of aromatic nitrogens is 4. The maximum atomic E-state index is 11.8. The molecular formula is C22H28N6O6. The lowest BCUT2D eigenvalue weighted by molar-refractivity contribution is -0.0533. The topological polar surface area (TPSA) is 164 Å². The highest BCUT2D eigenvalue weighted by atomic mass is 16.6. The minimum atomic E-state index is -1.28. The van der Waals surface area contributed by atoms with Crippen LogP contribution in [-0.4, -0.2) is 72.4 Å². The molecule has 0 radical (unpaired) electrons. The molecule has 0 aliphatic carbocycles. The number of nitrogens with one attached hydrogen (secondary N) is 2. The number of anilines is 1. The summed E-state index contributed by atoms with van der Waals surface area (Å²) < 4.78 is 12.4. The van der Waals surface area contributed by atoms with Crippen LogP contribution in [0.4, 0.5) is 10.6 Å². The third-order valence-corrected chi connectivity index (χ3v) is 5.54. The van der Waals surface area contributed by atoms with Gasteiger partial charge < -0.3 is 35.4 Å². The molecule has 3 aromatic rings. The first-order valence-electron chi connectivity index (χ1n) is 11.1. The lowest BCUT2D eigenvalue weighted by Gasteiger charge is -2.16. The molecule has 2 aromatic heterocycles. The van der Waals surface area contributed by atoms with Crippen molar-refractivity contribution < 1.29 is 29.6 Å². The second-order valence-electron chi connectivity index (χ2n) is 7.99. The van der Waals surface area contributed by atoms with E-state index in [9.17, 15) is 20.1 Å². The molecule has 2 unspecified atom stereocenters. The summed E-state index contributed by atoms with van der Waals surface area (Å²) in [5, 5.41) is 36.2. The number of aliphatic hydroxyl groups is 2. The number of phenolic OH excluding ortho intramolecular Hbond substituents is 1. The molecule has 1 amide bonds. The molecule has 0 bridgehead atoms. The molecule has 1 aliphatic rings. The Morgan fingerprint density at radius 3 is 2.74 bits per heavy atom. The summed E-state index contributed by atoms with van der Waals surface area (Å²) in [5.41, 5.74) is 1.79. The van der Waals surface area contributed by atoms with Crippen LogP contribution in [0.5, 0.6) is 5.75 Å². The molecule has 4 atom stereocenters. The van der Waals surface area contributed by atoms with Crippen LogP contribution >= 0.6 is 0 Å². The Hall–Kier alpha value is -3.48. The van der Waals surface area contributed by atoms with E-state index in [4.69, 9.17) is 9.47 Å². The van der Waals surface area contributed by atoms with Crippen LogP contribution in [0.15, 0.2) is 36.9 Å². The Morgan fingerprint density at radius 1 is 1.18 bits per heavy atom. The van der Waals surface area contributed by atoms with E-state index in [1.807, 2.05) is 6.92 Å². The zero-order chi connectivity index (χ0) is 24.1. The van der Waals surface area contributed by atoms with Crippen LogP contribution in [0, 0.1) is 0 Å². The van der Waals surface area contributed by atoms with Gasteiger partial charge in [0.05, 0.1) is 6.33 Å². The van der Waals surface area contributed by atoms with Gasteiger partial charge in [0.2, 0.25) is 0 Å². The van der Waals surface area contributed by atoms with Crippen molar-refractivity contribution in [2.75, 3.05) is 18.5 Å². The number of phenols is 1. The normalized spacial score (nSPS) is 22.1. The number of unbranched alkanes of at least 4 members (excludes halogenated alkanes) is 1. The van der Waals surface area contributed by atoms with Crippen molar-refractivity contribution in [2.45, 2.75) is 50.8 Å².